The Bertz CT molecular complexity index is 669. The molecule has 1 aliphatic heterocycles. The molecular weight excluding hydrogens is 312 g/mol. The molecule has 1 spiro atoms. The Morgan fingerprint density at radius 3 is 2.62 bits per heavy atom. The standard InChI is InChI=1S/C16H22N4O4/c1-9-4-6-16(7-5-9)14(22)20(15(23)17-16)18-13(21)8-12-10(2)19-24-11(12)3/h9H,4-8H2,1-3H3,(H,17,23)(H,18,21). The van der Waals surface area contributed by atoms with Crippen molar-refractivity contribution in [1.82, 2.24) is 20.9 Å². The maximum Gasteiger partial charge on any atom is 0.344 e. The van der Waals surface area contributed by atoms with Crippen molar-refractivity contribution in [2.75, 3.05) is 0 Å². The Morgan fingerprint density at radius 2 is 2.04 bits per heavy atom. The number of aryl methyl sites for hydroxylation is 2. The highest BCUT2D eigenvalue weighted by Crippen LogP contribution is 2.35. The van der Waals surface area contributed by atoms with Gasteiger partial charge < -0.3 is 9.84 Å². The maximum absolute atomic E-state index is 12.7. The molecular formula is C16H22N4O4. The molecule has 2 aliphatic rings. The van der Waals surface area contributed by atoms with Gasteiger partial charge in [0.25, 0.3) is 5.91 Å². The molecule has 2 N–H and O–H groups in total. The molecule has 2 heterocycles. The van der Waals surface area contributed by atoms with Gasteiger partial charge in [-0.3, -0.25) is 15.0 Å². The van der Waals surface area contributed by atoms with E-state index in [-0.39, 0.29) is 12.3 Å². The summed E-state index contributed by atoms with van der Waals surface area (Å²) in [5.41, 5.74) is 2.85. The number of aromatic nitrogens is 1. The van der Waals surface area contributed by atoms with Crippen LogP contribution in [-0.4, -0.2) is 33.5 Å². The van der Waals surface area contributed by atoms with Crippen LogP contribution in [0.25, 0.3) is 0 Å². The third kappa shape index (κ3) is 2.76. The predicted molar refractivity (Wildman–Crippen MR) is 83.6 cm³/mol. The molecule has 2 fully saturated rings. The molecule has 0 unspecified atom stereocenters. The highest BCUT2D eigenvalue weighted by Gasteiger charge is 2.52. The van der Waals surface area contributed by atoms with Crippen LogP contribution < -0.4 is 10.7 Å². The second kappa shape index (κ2) is 5.92. The molecule has 8 heteroatoms. The monoisotopic (exact) mass is 334 g/mol. The Hall–Kier alpha value is -2.38. The van der Waals surface area contributed by atoms with E-state index in [0.29, 0.717) is 35.8 Å². The summed E-state index contributed by atoms with van der Waals surface area (Å²) < 4.78 is 5.02. The van der Waals surface area contributed by atoms with E-state index in [2.05, 4.69) is 22.8 Å². The fraction of sp³-hybridized carbons (Fsp3) is 0.625. The Balaban J connectivity index is 1.68. The molecule has 1 saturated heterocycles. The molecule has 0 atom stereocenters. The number of hydrazine groups is 1. The topological polar surface area (TPSA) is 105 Å². The molecule has 3 rings (SSSR count). The minimum absolute atomic E-state index is 0.00224. The highest BCUT2D eigenvalue weighted by molar-refractivity contribution is 6.08. The van der Waals surface area contributed by atoms with Gasteiger partial charge in [0.15, 0.2) is 0 Å². The number of carbonyl (C=O) groups is 3. The summed E-state index contributed by atoms with van der Waals surface area (Å²) in [5.74, 6) is 0.279. The summed E-state index contributed by atoms with van der Waals surface area (Å²) in [7, 11) is 0. The van der Waals surface area contributed by atoms with Crippen molar-refractivity contribution in [1.29, 1.82) is 0 Å². The van der Waals surface area contributed by atoms with Crippen molar-refractivity contribution in [2.45, 2.75) is 58.4 Å². The van der Waals surface area contributed by atoms with Crippen LogP contribution in [0.5, 0.6) is 0 Å². The van der Waals surface area contributed by atoms with Gasteiger partial charge >= 0.3 is 6.03 Å². The first-order chi connectivity index (χ1) is 11.3. The van der Waals surface area contributed by atoms with Gasteiger partial charge in [-0.25, -0.2) is 4.79 Å². The van der Waals surface area contributed by atoms with Gasteiger partial charge in [-0.05, 0) is 45.4 Å². The molecule has 1 aromatic heterocycles. The lowest BCUT2D eigenvalue weighted by Crippen LogP contribution is -2.51. The number of carbonyl (C=O) groups excluding carboxylic acids is 3. The smallest absolute Gasteiger partial charge is 0.344 e. The number of hydrogen-bond donors (Lipinski definition) is 2. The number of amides is 4. The summed E-state index contributed by atoms with van der Waals surface area (Å²) in [4.78, 5) is 37.1. The third-order valence-corrected chi connectivity index (χ3v) is 5.04. The maximum atomic E-state index is 12.7. The average molecular weight is 334 g/mol. The molecule has 130 valence electrons. The fourth-order valence-corrected chi connectivity index (χ4v) is 3.39. The van der Waals surface area contributed by atoms with Crippen molar-refractivity contribution < 1.29 is 18.9 Å². The second-order valence-electron chi connectivity index (χ2n) is 6.85. The van der Waals surface area contributed by atoms with Crippen LogP contribution in [0, 0.1) is 19.8 Å². The first-order valence-corrected chi connectivity index (χ1v) is 8.20. The lowest BCUT2D eigenvalue weighted by molar-refractivity contribution is -0.139. The Kier molecular flexibility index (Phi) is 4.06. The van der Waals surface area contributed by atoms with Crippen LogP contribution in [-0.2, 0) is 16.0 Å². The lowest BCUT2D eigenvalue weighted by Gasteiger charge is -2.33. The molecule has 8 nitrogen and oxygen atoms in total. The van der Waals surface area contributed by atoms with Crippen molar-refractivity contribution in [3.05, 3.63) is 17.0 Å². The van der Waals surface area contributed by atoms with Gasteiger partial charge in [-0.1, -0.05) is 12.1 Å². The molecule has 0 bridgehead atoms. The number of rotatable bonds is 3. The Morgan fingerprint density at radius 1 is 1.38 bits per heavy atom. The van der Waals surface area contributed by atoms with Gasteiger partial charge in [0.2, 0.25) is 5.91 Å². The molecule has 0 radical (unpaired) electrons. The summed E-state index contributed by atoms with van der Waals surface area (Å²) in [6.07, 6.45) is 2.98. The van der Waals surface area contributed by atoms with E-state index in [1.165, 1.54) is 0 Å². The Labute approximate surface area is 139 Å². The van der Waals surface area contributed by atoms with Crippen LogP contribution in [0.1, 0.15) is 49.6 Å². The molecule has 1 aromatic rings. The SMILES string of the molecule is Cc1noc(C)c1CC(=O)NN1C(=O)NC2(CCC(C)CC2)C1=O. The molecule has 0 aromatic carbocycles. The van der Waals surface area contributed by atoms with Crippen molar-refractivity contribution in [2.24, 2.45) is 5.92 Å². The van der Waals surface area contributed by atoms with Crippen LogP contribution >= 0.6 is 0 Å². The van der Waals surface area contributed by atoms with Gasteiger partial charge in [0.1, 0.15) is 11.3 Å². The molecule has 1 saturated carbocycles. The number of urea groups is 1. The predicted octanol–water partition coefficient (Wildman–Crippen LogP) is 1.37. The molecule has 1 aliphatic carbocycles. The van der Waals surface area contributed by atoms with Crippen molar-refractivity contribution in [3.63, 3.8) is 0 Å². The van der Waals surface area contributed by atoms with Crippen LogP contribution in [0.4, 0.5) is 4.79 Å². The zero-order valence-electron chi connectivity index (χ0n) is 14.1. The third-order valence-electron chi connectivity index (χ3n) is 5.04. The van der Waals surface area contributed by atoms with Gasteiger partial charge in [0.05, 0.1) is 12.1 Å². The van der Waals surface area contributed by atoms with E-state index in [9.17, 15) is 14.4 Å². The van der Waals surface area contributed by atoms with Gasteiger partial charge in [0, 0.05) is 5.56 Å². The fourth-order valence-electron chi connectivity index (χ4n) is 3.39. The quantitative estimate of drug-likeness (QED) is 0.812. The van der Waals surface area contributed by atoms with Crippen LogP contribution in [0.3, 0.4) is 0 Å². The van der Waals surface area contributed by atoms with E-state index in [1.807, 2.05) is 0 Å². The average Bonchev–Trinajstić information content (AvgIpc) is 2.96. The zero-order valence-corrected chi connectivity index (χ0v) is 14.1. The number of nitrogens with zero attached hydrogens (tertiary/aromatic N) is 2. The van der Waals surface area contributed by atoms with E-state index >= 15 is 0 Å². The number of hydrogen-bond acceptors (Lipinski definition) is 5. The highest BCUT2D eigenvalue weighted by atomic mass is 16.5. The summed E-state index contributed by atoms with van der Waals surface area (Å²) >= 11 is 0. The number of imide groups is 1. The summed E-state index contributed by atoms with van der Waals surface area (Å²) in [6, 6.07) is -0.568. The van der Waals surface area contributed by atoms with Crippen LogP contribution in [0.2, 0.25) is 0 Å². The first-order valence-electron chi connectivity index (χ1n) is 8.20. The van der Waals surface area contributed by atoms with E-state index in [4.69, 9.17) is 4.52 Å². The van der Waals surface area contributed by atoms with Crippen molar-refractivity contribution >= 4 is 17.8 Å². The van der Waals surface area contributed by atoms with Crippen LogP contribution in [0.15, 0.2) is 4.52 Å². The second-order valence-corrected chi connectivity index (χ2v) is 6.85. The summed E-state index contributed by atoms with van der Waals surface area (Å²) in [5, 5.41) is 7.38. The van der Waals surface area contributed by atoms with E-state index in [0.717, 1.165) is 17.9 Å². The van der Waals surface area contributed by atoms with Crippen molar-refractivity contribution in [3.8, 4) is 0 Å². The molecule has 24 heavy (non-hydrogen) atoms. The van der Waals surface area contributed by atoms with Gasteiger partial charge in [-0.15, -0.1) is 0 Å². The van der Waals surface area contributed by atoms with E-state index in [1.54, 1.807) is 13.8 Å². The number of nitrogens with one attached hydrogen (secondary N) is 2. The minimum Gasteiger partial charge on any atom is -0.361 e. The first kappa shape index (κ1) is 16.5. The minimum atomic E-state index is -0.861. The van der Waals surface area contributed by atoms with E-state index < -0.39 is 17.5 Å². The lowest BCUT2D eigenvalue weighted by atomic mass is 9.77. The largest absolute Gasteiger partial charge is 0.361 e. The molecule has 4 amide bonds. The zero-order chi connectivity index (χ0) is 17.5. The summed E-state index contributed by atoms with van der Waals surface area (Å²) in [6.45, 7) is 5.59. The normalized spacial score (nSPS) is 26.8. The van der Waals surface area contributed by atoms with Gasteiger partial charge in [-0.2, -0.15) is 5.01 Å².